The van der Waals surface area contributed by atoms with Gasteiger partial charge < -0.3 is 14.6 Å². The van der Waals surface area contributed by atoms with Crippen molar-refractivity contribution in [1.82, 2.24) is 25.4 Å². The van der Waals surface area contributed by atoms with Gasteiger partial charge >= 0.3 is 5.76 Å². The van der Waals surface area contributed by atoms with Crippen molar-refractivity contribution in [3.05, 3.63) is 128 Å². The van der Waals surface area contributed by atoms with Gasteiger partial charge in [-0.15, -0.1) is 5.10 Å². The standard InChI is InChI=1S/C36H30F3N5O3/c37-23-8-3-19(4-9-23)5-12-27-31(34-42-43-36(46)47-34)30(32-33(41-27)29-2-1-15-44(29)35(32)45)22-7-11-25-20(16-22)13-14-40-28(25)17-21-6-10-24(38)18-26(21)39/h3-4,6-11,16,18,28-29,40H,1-2,5,12-15,17H2,(H,43,46)/t28?,29-/m0/s1. The van der Waals surface area contributed by atoms with Gasteiger partial charge in [-0.2, -0.15) is 0 Å². The molecule has 1 fully saturated rings. The van der Waals surface area contributed by atoms with Crippen LogP contribution in [0.3, 0.4) is 0 Å². The van der Waals surface area contributed by atoms with E-state index < -0.39 is 17.4 Å². The van der Waals surface area contributed by atoms with E-state index in [1.165, 1.54) is 24.3 Å². The van der Waals surface area contributed by atoms with Crippen LogP contribution in [0.5, 0.6) is 0 Å². The smallest absolute Gasteiger partial charge is 0.388 e. The number of pyridine rings is 1. The zero-order chi connectivity index (χ0) is 32.2. The molecule has 1 saturated heterocycles. The quantitative estimate of drug-likeness (QED) is 0.227. The van der Waals surface area contributed by atoms with Gasteiger partial charge in [0.2, 0.25) is 0 Å². The zero-order valence-electron chi connectivity index (χ0n) is 25.3. The second-order valence-electron chi connectivity index (χ2n) is 12.4. The van der Waals surface area contributed by atoms with Gasteiger partial charge in [-0.1, -0.05) is 36.4 Å². The first-order chi connectivity index (χ1) is 22.8. The summed E-state index contributed by atoms with van der Waals surface area (Å²) in [7, 11) is 0. The van der Waals surface area contributed by atoms with Crippen LogP contribution in [-0.4, -0.2) is 39.1 Å². The number of fused-ring (bicyclic) bond motifs is 4. The minimum absolute atomic E-state index is 0.0401. The Morgan fingerprint density at radius 1 is 0.915 bits per heavy atom. The van der Waals surface area contributed by atoms with Gasteiger partial charge in [-0.3, -0.25) is 9.78 Å². The highest BCUT2D eigenvalue weighted by Gasteiger charge is 2.44. The highest BCUT2D eigenvalue weighted by molar-refractivity contribution is 6.08. The predicted molar refractivity (Wildman–Crippen MR) is 167 cm³/mol. The third-order valence-corrected chi connectivity index (χ3v) is 9.59. The van der Waals surface area contributed by atoms with E-state index in [-0.39, 0.29) is 29.7 Å². The molecule has 2 atom stereocenters. The lowest BCUT2D eigenvalue weighted by molar-refractivity contribution is 0.0776. The van der Waals surface area contributed by atoms with Gasteiger partial charge in [0, 0.05) is 24.2 Å². The lowest BCUT2D eigenvalue weighted by Gasteiger charge is -2.28. The number of nitrogens with one attached hydrogen (secondary N) is 2. The number of hydrogen-bond donors (Lipinski definition) is 2. The zero-order valence-corrected chi connectivity index (χ0v) is 25.3. The summed E-state index contributed by atoms with van der Waals surface area (Å²) in [5.74, 6) is -2.32. The number of amides is 1. The number of carbonyl (C=O) groups excluding carboxylic acids is 1. The molecule has 0 bridgehead atoms. The number of nitrogens with zero attached hydrogens (tertiary/aromatic N) is 3. The van der Waals surface area contributed by atoms with Crippen LogP contribution < -0.4 is 11.1 Å². The molecule has 8 nitrogen and oxygen atoms in total. The van der Waals surface area contributed by atoms with Crippen LogP contribution in [-0.2, 0) is 25.7 Å². The van der Waals surface area contributed by atoms with Gasteiger partial charge in [-0.25, -0.2) is 23.1 Å². The molecule has 3 aromatic carbocycles. The molecule has 5 heterocycles. The van der Waals surface area contributed by atoms with Crippen molar-refractivity contribution in [3.63, 3.8) is 0 Å². The summed E-state index contributed by atoms with van der Waals surface area (Å²) in [5, 5.41) is 10.0. The third-order valence-electron chi connectivity index (χ3n) is 9.59. The number of rotatable bonds is 7. The highest BCUT2D eigenvalue weighted by Crippen LogP contribution is 2.48. The number of halogens is 3. The number of H-pyrrole nitrogens is 1. The summed E-state index contributed by atoms with van der Waals surface area (Å²) in [6.45, 7) is 1.28. The Labute approximate surface area is 267 Å². The van der Waals surface area contributed by atoms with E-state index >= 15 is 0 Å². The molecule has 47 heavy (non-hydrogen) atoms. The second-order valence-corrected chi connectivity index (χ2v) is 12.4. The Hall–Kier alpha value is -5.03. The largest absolute Gasteiger partial charge is 0.434 e. The van der Waals surface area contributed by atoms with Crippen LogP contribution in [0.25, 0.3) is 22.6 Å². The molecular weight excluding hydrogens is 607 g/mol. The minimum Gasteiger partial charge on any atom is -0.388 e. The van der Waals surface area contributed by atoms with E-state index in [0.29, 0.717) is 72.4 Å². The monoisotopic (exact) mass is 637 g/mol. The molecule has 0 aliphatic carbocycles. The first kappa shape index (κ1) is 29.4. The van der Waals surface area contributed by atoms with E-state index in [4.69, 9.17) is 9.40 Å². The Bertz CT molecular complexity index is 2090. The maximum Gasteiger partial charge on any atom is 0.434 e. The fourth-order valence-electron chi connectivity index (χ4n) is 7.40. The molecule has 3 aliphatic rings. The number of aromatic nitrogens is 3. The van der Waals surface area contributed by atoms with Gasteiger partial charge in [0.25, 0.3) is 11.8 Å². The Balaban J connectivity index is 1.27. The summed E-state index contributed by atoms with van der Waals surface area (Å²) < 4.78 is 47.3. The number of aryl methyl sites for hydroxylation is 2. The van der Waals surface area contributed by atoms with Crippen molar-refractivity contribution in [1.29, 1.82) is 0 Å². The number of aromatic amines is 1. The summed E-state index contributed by atoms with van der Waals surface area (Å²) in [6, 6.07) is 15.6. The van der Waals surface area contributed by atoms with E-state index in [1.807, 2.05) is 17.0 Å². The molecule has 0 radical (unpaired) electrons. The Morgan fingerprint density at radius 2 is 1.74 bits per heavy atom. The molecule has 2 N–H and O–H groups in total. The van der Waals surface area contributed by atoms with Gasteiger partial charge in [0.1, 0.15) is 17.5 Å². The maximum atomic E-state index is 14.6. The fourth-order valence-corrected chi connectivity index (χ4v) is 7.40. The van der Waals surface area contributed by atoms with Crippen LogP contribution in [0.2, 0.25) is 0 Å². The van der Waals surface area contributed by atoms with Crippen molar-refractivity contribution in [2.75, 3.05) is 13.1 Å². The molecular formula is C36H30F3N5O3. The predicted octanol–water partition coefficient (Wildman–Crippen LogP) is 6.01. The summed E-state index contributed by atoms with van der Waals surface area (Å²) in [6.07, 6.45) is 3.69. The molecule has 5 aromatic rings. The van der Waals surface area contributed by atoms with Gasteiger partial charge in [-0.05, 0) is 91.1 Å². The number of benzene rings is 3. The number of hydrogen-bond acceptors (Lipinski definition) is 6. The van der Waals surface area contributed by atoms with Crippen LogP contribution in [0.4, 0.5) is 13.2 Å². The Morgan fingerprint density at radius 3 is 2.53 bits per heavy atom. The molecule has 1 unspecified atom stereocenters. The van der Waals surface area contributed by atoms with E-state index in [0.717, 1.165) is 41.2 Å². The summed E-state index contributed by atoms with van der Waals surface area (Å²) in [5.41, 5.74) is 7.02. The molecule has 8 rings (SSSR count). The second kappa shape index (κ2) is 11.6. The maximum absolute atomic E-state index is 14.6. The summed E-state index contributed by atoms with van der Waals surface area (Å²) >= 11 is 0. The lowest BCUT2D eigenvalue weighted by Crippen LogP contribution is -2.31. The van der Waals surface area contributed by atoms with Crippen molar-refractivity contribution >= 4 is 5.91 Å². The highest BCUT2D eigenvalue weighted by atomic mass is 19.1. The SMILES string of the molecule is O=C1c2c(nc(CCc3ccc(F)cc3)c(-c3n[nH]c(=O)o3)c2-c2ccc3c(c2)CCNC3Cc2ccc(F)cc2F)[C@@H]2CCCN12. The van der Waals surface area contributed by atoms with Crippen LogP contribution in [0.15, 0.2) is 69.9 Å². The molecule has 1 amide bonds. The van der Waals surface area contributed by atoms with Crippen LogP contribution in [0.1, 0.15) is 68.9 Å². The minimum atomic E-state index is -0.727. The van der Waals surface area contributed by atoms with E-state index in [9.17, 15) is 22.8 Å². The topological polar surface area (TPSA) is 104 Å². The van der Waals surface area contributed by atoms with Crippen molar-refractivity contribution < 1.29 is 22.4 Å². The average Bonchev–Trinajstić information content (AvgIpc) is 3.79. The van der Waals surface area contributed by atoms with Crippen molar-refractivity contribution in [2.24, 2.45) is 0 Å². The molecule has 3 aliphatic heterocycles. The normalized spacial score (nSPS) is 18.4. The van der Waals surface area contributed by atoms with E-state index in [1.54, 1.807) is 12.1 Å². The van der Waals surface area contributed by atoms with Crippen molar-refractivity contribution in [3.8, 4) is 22.6 Å². The van der Waals surface area contributed by atoms with E-state index in [2.05, 4.69) is 21.6 Å². The number of carbonyl (C=O) groups is 1. The molecule has 0 spiro atoms. The average molecular weight is 638 g/mol. The molecule has 2 aromatic heterocycles. The first-order valence-corrected chi connectivity index (χ1v) is 15.8. The lowest BCUT2D eigenvalue weighted by atomic mass is 9.85. The Kier molecular flexibility index (Phi) is 7.28. The van der Waals surface area contributed by atoms with Crippen LogP contribution in [0, 0.1) is 17.5 Å². The van der Waals surface area contributed by atoms with Crippen molar-refractivity contribution in [2.45, 2.75) is 50.6 Å². The summed E-state index contributed by atoms with van der Waals surface area (Å²) in [4.78, 5) is 33.2. The third kappa shape index (κ3) is 5.24. The fraction of sp³-hybridized carbons (Fsp3) is 0.278. The molecule has 11 heteroatoms. The molecule has 0 saturated carbocycles. The first-order valence-electron chi connectivity index (χ1n) is 15.8. The molecule has 238 valence electrons. The van der Waals surface area contributed by atoms with Gasteiger partial charge in [0.15, 0.2) is 0 Å². The van der Waals surface area contributed by atoms with Gasteiger partial charge in [0.05, 0.1) is 28.6 Å². The van der Waals surface area contributed by atoms with Crippen LogP contribution >= 0.6 is 0 Å².